The summed E-state index contributed by atoms with van der Waals surface area (Å²) in [5.74, 6) is 0.872. The first-order valence-corrected chi connectivity index (χ1v) is 7.27. The lowest BCUT2D eigenvalue weighted by molar-refractivity contribution is 0.0383. The van der Waals surface area contributed by atoms with Gasteiger partial charge in [0.15, 0.2) is 0 Å². The van der Waals surface area contributed by atoms with E-state index in [1.165, 1.54) is 38.6 Å². The smallest absolute Gasteiger partial charge is 0.0328 e. The van der Waals surface area contributed by atoms with E-state index in [4.69, 9.17) is 5.73 Å². The Hall–Kier alpha value is -0.0800. The monoisotopic (exact) mass is 240 g/mol. The van der Waals surface area contributed by atoms with Crippen molar-refractivity contribution in [2.75, 3.05) is 20.1 Å². The van der Waals surface area contributed by atoms with E-state index in [1.807, 2.05) is 0 Å². The molecule has 0 saturated heterocycles. The number of hydrogen-bond donors (Lipinski definition) is 1. The van der Waals surface area contributed by atoms with Crippen molar-refractivity contribution in [3.8, 4) is 0 Å². The average molecular weight is 240 g/mol. The minimum absolute atomic E-state index is 0.289. The van der Waals surface area contributed by atoms with Crippen molar-refractivity contribution in [1.82, 2.24) is 4.90 Å². The summed E-state index contributed by atoms with van der Waals surface area (Å²) >= 11 is 0. The van der Waals surface area contributed by atoms with Gasteiger partial charge in [-0.15, -0.1) is 0 Å². The van der Waals surface area contributed by atoms with E-state index in [-0.39, 0.29) is 5.54 Å². The molecule has 2 heteroatoms. The molecule has 1 aliphatic carbocycles. The maximum Gasteiger partial charge on any atom is 0.0328 e. The van der Waals surface area contributed by atoms with Crippen molar-refractivity contribution in [3.63, 3.8) is 0 Å². The molecular formula is C15H32N2. The van der Waals surface area contributed by atoms with Crippen molar-refractivity contribution in [2.45, 2.75) is 65.3 Å². The van der Waals surface area contributed by atoms with Crippen LogP contribution in [0, 0.1) is 11.3 Å². The van der Waals surface area contributed by atoms with Crippen LogP contribution in [0.1, 0.15) is 59.8 Å². The van der Waals surface area contributed by atoms with Gasteiger partial charge in [-0.2, -0.15) is 0 Å². The van der Waals surface area contributed by atoms with Crippen molar-refractivity contribution in [1.29, 1.82) is 0 Å². The highest BCUT2D eigenvalue weighted by molar-refractivity contribution is 4.96. The molecule has 0 amide bonds. The Labute approximate surface area is 108 Å². The molecule has 0 unspecified atom stereocenters. The van der Waals surface area contributed by atoms with Crippen LogP contribution in [0.3, 0.4) is 0 Å². The van der Waals surface area contributed by atoms with Gasteiger partial charge in [0.25, 0.3) is 0 Å². The molecule has 102 valence electrons. The fourth-order valence-corrected chi connectivity index (χ4v) is 3.34. The predicted octanol–water partition coefficient (Wildman–Crippen LogP) is 3.26. The molecule has 1 aliphatic rings. The van der Waals surface area contributed by atoms with Gasteiger partial charge in [0.2, 0.25) is 0 Å². The third kappa shape index (κ3) is 3.45. The van der Waals surface area contributed by atoms with Crippen LogP contribution in [0.15, 0.2) is 0 Å². The summed E-state index contributed by atoms with van der Waals surface area (Å²) in [7, 11) is 2.26. The minimum atomic E-state index is 0.289. The topological polar surface area (TPSA) is 29.3 Å². The maximum atomic E-state index is 6.08. The highest BCUT2D eigenvalue weighted by Crippen LogP contribution is 2.42. The molecule has 0 atom stereocenters. The van der Waals surface area contributed by atoms with Gasteiger partial charge in [-0.1, -0.05) is 27.7 Å². The molecule has 0 heterocycles. The summed E-state index contributed by atoms with van der Waals surface area (Å²) in [6.45, 7) is 11.4. The molecule has 0 bridgehead atoms. The molecule has 1 fully saturated rings. The molecule has 0 aliphatic heterocycles. The molecule has 0 aromatic carbocycles. The van der Waals surface area contributed by atoms with Gasteiger partial charge in [-0.3, -0.25) is 4.90 Å². The minimum Gasteiger partial charge on any atom is -0.329 e. The predicted molar refractivity (Wildman–Crippen MR) is 76.1 cm³/mol. The van der Waals surface area contributed by atoms with Gasteiger partial charge in [0.05, 0.1) is 0 Å². The second-order valence-electron chi connectivity index (χ2n) is 6.99. The number of nitrogens with zero attached hydrogens (tertiary/aromatic N) is 1. The Morgan fingerprint density at radius 1 is 1.24 bits per heavy atom. The zero-order valence-electron chi connectivity index (χ0n) is 12.6. The fourth-order valence-electron chi connectivity index (χ4n) is 3.34. The first-order chi connectivity index (χ1) is 7.85. The molecule has 2 nitrogen and oxygen atoms in total. The number of likely N-dealkylation sites (N-methyl/N-ethyl adjacent to an activating group) is 1. The van der Waals surface area contributed by atoms with Crippen LogP contribution >= 0.6 is 0 Å². The largest absolute Gasteiger partial charge is 0.329 e. The van der Waals surface area contributed by atoms with Gasteiger partial charge >= 0.3 is 0 Å². The van der Waals surface area contributed by atoms with Crippen LogP contribution < -0.4 is 5.73 Å². The van der Waals surface area contributed by atoms with Gasteiger partial charge in [-0.25, -0.2) is 0 Å². The molecule has 0 aromatic heterocycles. The van der Waals surface area contributed by atoms with Crippen molar-refractivity contribution in [3.05, 3.63) is 0 Å². The Balaban J connectivity index is 2.63. The van der Waals surface area contributed by atoms with Crippen LogP contribution in [-0.2, 0) is 0 Å². The van der Waals surface area contributed by atoms with Crippen molar-refractivity contribution >= 4 is 0 Å². The zero-order valence-corrected chi connectivity index (χ0v) is 12.6. The fraction of sp³-hybridized carbons (Fsp3) is 1.00. The van der Waals surface area contributed by atoms with Crippen LogP contribution in [-0.4, -0.2) is 30.6 Å². The molecule has 0 spiro atoms. The quantitative estimate of drug-likeness (QED) is 0.817. The Morgan fingerprint density at radius 2 is 1.76 bits per heavy atom. The van der Waals surface area contributed by atoms with Gasteiger partial charge in [-0.05, 0) is 57.0 Å². The van der Waals surface area contributed by atoms with Crippen LogP contribution in [0.2, 0.25) is 0 Å². The summed E-state index contributed by atoms with van der Waals surface area (Å²) in [4.78, 5) is 2.52. The van der Waals surface area contributed by atoms with Gasteiger partial charge < -0.3 is 5.73 Å². The van der Waals surface area contributed by atoms with Crippen LogP contribution in [0.25, 0.3) is 0 Å². The number of nitrogens with two attached hydrogens (primary N) is 1. The van der Waals surface area contributed by atoms with E-state index >= 15 is 0 Å². The summed E-state index contributed by atoms with van der Waals surface area (Å²) in [5.41, 5.74) is 6.83. The second kappa shape index (κ2) is 5.71. The SMILES string of the molecule is CCCN(C)C1(CN)CCC(C(C)(C)C)CC1. The maximum absolute atomic E-state index is 6.08. The van der Waals surface area contributed by atoms with E-state index < -0.39 is 0 Å². The van der Waals surface area contributed by atoms with Crippen LogP contribution in [0.4, 0.5) is 0 Å². The van der Waals surface area contributed by atoms with E-state index in [1.54, 1.807) is 0 Å². The summed E-state index contributed by atoms with van der Waals surface area (Å²) < 4.78 is 0. The zero-order chi connectivity index (χ0) is 13.1. The van der Waals surface area contributed by atoms with Crippen molar-refractivity contribution < 1.29 is 0 Å². The second-order valence-corrected chi connectivity index (χ2v) is 6.99. The third-order valence-corrected chi connectivity index (χ3v) is 4.89. The standard InChI is InChI=1S/C15H32N2/c1-6-11-17(5)15(12-16)9-7-13(8-10-15)14(2,3)4/h13H,6-12,16H2,1-5H3. The highest BCUT2D eigenvalue weighted by Gasteiger charge is 2.39. The summed E-state index contributed by atoms with van der Waals surface area (Å²) in [6, 6.07) is 0. The van der Waals surface area contributed by atoms with E-state index in [0.717, 1.165) is 12.5 Å². The summed E-state index contributed by atoms with van der Waals surface area (Å²) in [5, 5.41) is 0. The molecule has 1 rings (SSSR count). The van der Waals surface area contributed by atoms with E-state index in [9.17, 15) is 0 Å². The Morgan fingerprint density at radius 3 is 2.12 bits per heavy atom. The molecule has 17 heavy (non-hydrogen) atoms. The molecule has 0 aromatic rings. The highest BCUT2D eigenvalue weighted by atomic mass is 15.2. The Kier molecular flexibility index (Phi) is 5.03. The molecular weight excluding hydrogens is 208 g/mol. The Bertz CT molecular complexity index is 222. The van der Waals surface area contributed by atoms with Gasteiger partial charge in [0.1, 0.15) is 0 Å². The van der Waals surface area contributed by atoms with Crippen LogP contribution in [0.5, 0.6) is 0 Å². The lowest BCUT2D eigenvalue weighted by Crippen LogP contribution is -2.55. The number of hydrogen-bond acceptors (Lipinski definition) is 2. The number of rotatable bonds is 4. The van der Waals surface area contributed by atoms with E-state index in [0.29, 0.717) is 5.41 Å². The summed E-state index contributed by atoms with van der Waals surface area (Å²) in [6.07, 6.45) is 6.47. The van der Waals surface area contributed by atoms with Gasteiger partial charge in [0, 0.05) is 12.1 Å². The molecule has 0 radical (unpaired) electrons. The van der Waals surface area contributed by atoms with E-state index in [2.05, 4.69) is 39.6 Å². The molecule has 2 N–H and O–H groups in total. The third-order valence-electron chi connectivity index (χ3n) is 4.89. The van der Waals surface area contributed by atoms with Crippen molar-refractivity contribution in [2.24, 2.45) is 17.1 Å². The first kappa shape index (κ1) is 15.0. The lowest BCUT2D eigenvalue weighted by Gasteiger charge is -2.48. The normalized spacial score (nSPS) is 30.9. The molecule has 1 saturated carbocycles. The lowest BCUT2D eigenvalue weighted by atomic mass is 9.67. The average Bonchev–Trinajstić information content (AvgIpc) is 2.28. The first-order valence-electron chi connectivity index (χ1n) is 7.27.